The number of carboxylic acid groups (broad SMARTS) is 2. The average molecular weight is 284 g/mol. The van der Waals surface area contributed by atoms with Crippen LogP contribution in [0, 0.1) is 17.3 Å². The van der Waals surface area contributed by atoms with Crippen LogP contribution in [0.15, 0.2) is 0 Å². The molecule has 0 aromatic rings. The van der Waals surface area contributed by atoms with Crippen molar-refractivity contribution in [2.24, 2.45) is 17.3 Å². The van der Waals surface area contributed by atoms with E-state index in [1.807, 2.05) is 0 Å². The summed E-state index contributed by atoms with van der Waals surface area (Å²) in [6, 6.07) is 0. The normalized spacial score (nSPS) is 23.2. The van der Waals surface area contributed by atoms with E-state index in [9.17, 15) is 19.8 Å². The molecule has 1 rings (SSSR count). The van der Waals surface area contributed by atoms with E-state index >= 15 is 0 Å². The molecule has 0 heterocycles. The van der Waals surface area contributed by atoms with E-state index in [-0.39, 0.29) is 12.3 Å². The predicted octanol–water partition coefficient (Wildman–Crippen LogP) is 3.94. The van der Waals surface area contributed by atoms with Gasteiger partial charge in [-0.25, -0.2) is 0 Å². The van der Waals surface area contributed by atoms with Gasteiger partial charge >= 0.3 is 11.9 Å². The number of unbranched alkanes of at least 4 members (excludes halogenated alkanes) is 1. The highest BCUT2D eigenvalue weighted by atomic mass is 16.4. The van der Waals surface area contributed by atoms with E-state index < -0.39 is 17.4 Å². The summed E-state index contributed by atoms with van der Waals surface area (Å²) < 4.78 is 0. The molecule has 0 aromatic carbocycles. The lowest BCUT2D eigenvalue weighted by molar-refractivity contribution is -0.173. The van der Waals surface area contributed by atoms with Crippen LogP contribution in [0.3, 0.4) is 0 Å². The molecule has 1 saturated carbocycles. The summed E-state index contributed by atoms with van der Waals surface area (Å²) >= 11 is 0. The van der Waals surface area contributed by atoms with Crippen molar-refractivity contribution in [2.75, 3.05) is 0 Å². The van der Waals surface area contributed by atoms with E-state index in [2.05, 4.69) is 13.8 Å². The highest BCUT2D eigenvalue weighted by Gasteiger charge is 2.53. The van der Waals surface area contributed by atoms with Crippen molar-refractivity contribution in [3.8, 4) is 0 Å². The topological polar surface area (TPSA) is 74.6 Å². The molecule has 0 saturated heterocycles. The van der Waals surface area contributed by atoms with Gasteiger partial charge in [0, 0.05) is 0 Å². The van der Waals surface area contributed by atoms with E-state index in [0.29, 0.717) is 12.3 Å². The molecule has 0 amide bonds. The quantitative estimate of drug-likeness (QED) is 0.662. The van der Waals surface area contributed by atoms with Crippen molar-refractivity contribution in [3.05, 3.63) is 0 Å². The molecular weight excluding hydrogens is 256 g/mol. The smallest absolute Gasteiger partial charge is 0.321 e. The Labute approximate surface area is 121 Å². The van der Waals surface area contributed by atoms with Gasteiger partial charge in [0.2, 0.25) is 0 Å². The van der Waals surface area contributed by atoms with Gasteiger partial charge in [-0.2, -0.15) is 0 Å². The summed E-state index contributed by atoms with van der Waals surface area (Å²) in [5.74, 6) is -2.04. The van der Waals surface area contributed by atoms with Crippen LogP contribution in [0.4, 0.5) is 0 Å². The zero-order valence-corrected chi connectivity index (χ0v) is 12.7. The van der Waals surface area contributed by atoms with Crippen LogP contribution in [-0.4, -0.2) is 22.2 Å². The van der Waals surface area contributed by atoms with Crippen LogP contribution in [0.5, 0.6) is 0 Å². The maximum absolute atomic E-state index is 11.6. The minimum absolute atomic E-state index is 0.215. The molecule has 2 atom stereocenters. The van der Waals surface area contributed by atoms with Crippen LogP contribution in [0.25, 0.3) is 0 Å². The summed E-state index contributed by atoms with van der Waals surface area (Å²) in [4.78, 5) is 23.3. The first-order valence-corrected chi connectivity index (χ1v) is 7.95. The molecule has 20 heavy (non-hydrogen) atoms. The van der Waals surface area contributed by atoms with Gasteiger partial charge in [-0.15, -0.1) is 0 Å². The maximum Gasteiger partial charge on any atom is 0.321 e. The first-order chi connectivity index (χ1) is 9.48. The Hall–Kier alpha value is -1.06. The first kappa shape index (κ1) is 17.0. The van der Waals surface area contributed by atoms with Gasteiger partial charge in [-0.3, -0.25) is 9.59 Å². The maximum atomic E-state index is 11.6. The predicted molar refractivity (Wildman–Crippen MR) is 77.6 cm³/mol. The van der Waals surface area contributed by atoms with E-state index in [1.165, 1.54) is 0 Å². The number of carboxylic acids is 2. The van der Waals surface area contributed by atoms with Gasteiger partial charge in [0.05, 0.1) is 0 Å². The summed E-state index contributed by atoms with van der Waals surface area (Å²) in [7, 11) is 0. The molecule has 0 spiro atoms. The van der Waals surface area contributed by atoms with Gasteiger partial charge in [-0.05, 0) is 31.1 Å². The van der Waals surface area contributed by atoms with Crippen molar-refractivity contribution < 1.29 is 19.8 Å². The zero-order chi connectivity index (χ0) is 15.2. The first-order valence-electron chi connectivity index (χ1n) is 7.95. The number of hydrogen-bond acceptors (Lipinski definition) is 2. The molecule has 0 bridgehead atoms. The van der Waals surface area contributed by atoms with Crippen molar-refractivity contribution in [3.63, 3.8) is 0 Å². The highest BCUT2D eigenvalue weighted by Crippen LogP contribution is 2.46. The minimum atomic E-state index is -1.54. The molecular formula is C16H28O4. The number of carbonyl (C=O) groups is 2. The Morgan fingerprint density at radius 1 is 1.20 bits per heavy atom. The van der Waals surface area contributed by atoms with Crippen molar-refractivity contribution in [2.45, 2.75) is 71.6 Å². The summed E-state index contributed by atoms with van der Waals surface area (Å²) in [6.45, 7) is 4.26. The molecule has 0 aliphatic heterocycles. The number of rotatable bonds is 8. The summed E-state index contributed by atoms with van der Waals surface area (Å²) in [5.41, 5.74) is -1.54. The monoisotopic (exact) mass is 284 g/mol. The van der Waals surface area contributed by atoms with Crippen LogP contribution in [0.2, 0.25) is 0 Å². The highest BCUT2D eigenvalue weighted by molar-refractivity contribution is 5.98. The molecule has 1 fully saturated rings. The third kappa shape index (κ3) is 3.53. The van der Waals surface area contributed by atoms with Crippen molar-refractivity contribution >= 4 is 11.9 Å². The summed E-state index contributed by atoms with van der Waals surface area (Å²) in [6.07, 6.45) is 7.79. The fourth-order valence-corrected chi connectivity index (χ4v) is 3.60. The Kier molecular flexibility index (Phi) is 6.50. The molecule has 4 heteroatoms. The Bertz CT molecular complexity index is 323. The van der Waals surface area contributed by atoms with Gasteiger partial charge in [0.1, 0.15) is 0 Å². The lowest BCUT2D eigenvalue weighted by Gasteiger charge is -2.39. The SMILES string of the molecule is CCCCC(CC)CC1CCCCC1(C(=O)O)C(=O)O. The second-order valence-corrected chi connectivity index (χ2v) is 6.18. The van der Waals surface area contributed by atoms with Gasteiger partial charge in [0.15, 0.2) is 5.41 Å². The van der Waals surface area contributed by atoms with Crippen molar-refractivity contribution in [1.82, 2.24) is 0 Å². The molecule has 1 aliphatic rings. The minimum Gasteiger partial charge on any atom is -0.480 e. The number of aliphatic carboxylic acids is 2. The Morgan fingerprint density at radius 2 is 1.85 bits per heavy atom. The third-order valence-electron chi connectivity index (χ3n) is 5.00. The fraction of sp³-hybridized carbons (Fsp3) is 0.875. The average Bonchev–Trinajstić information content (AvgIpc) is 2.43. The van der Waals surface area contributed by atoms with Crippen molar-refractivity contribution in [1.29, 1.82) is 0 Å². The van der Waals surface area contributed by atoms with Crippen LogP contribution >= 0.6 is 0 Å². The molecule has 0 aromatic heterocycles. The third-order valence-corrected chi connectivity index (χ3v) is 5.00. The molecule has 4 nitrogen and oxygen atoms in total. The van der Waals surface area contributed by atoms with E-state index in [4.69, 9.17) is 0 Å². The number of hydrogen-bond donors (Lipinski definition) is 2. The zero-order valence-electron chi connectivity index (χ0n) is 12.7. The standard InChI is InChI=1S/C16H28O4/c1-3-5-8-12(4-2)11-13-9-6-7-10-16(13,14(17)18)15(19)20/h12-13H,3-11H2,1-2H3,(H,17,18)(H,19,20). The summed E-state index contributed by atoms with van der Waals surface area (Å²) in [5, 5.41) is 19.0. The molecule has 1 aliphatic carbocycles. The van der Waals surface area contributed by atoms with Crippen LogP contribution in [-0.2, 0) is 9.59 Å². The molecule has 2 unspecified atom stereocenters. The van der Waals surface area contributed by atoms with E-state index in [0.717, 1.165) is 44.9 Å². The Balaban J connectivity index is 2.87. The van der Waals surface area contributed by atoms with E-state index in [1.54, 1.807) is 0 Å². The van der Waals surface area contributed by atoms with Gasteiger partial charge in [0.25, 0.3) is 0 Å². The lowest BCUT2D eigenvalue weighted by atomic mass is 9.63. The molecule has 2 N–H and O–H groups in total. The fourth-order valence-electron chi connectivity index (χ4n) is 3.60. The second kappa shape index (κ2) is 7.65. The van der Waals surface area contributed by atoms with Gasteiger partial charge in [-0.1, -0.05) is 52.4 Å². The molecule has 116 valence electrons. The van der Waals surface area contributed by atoms with Crippen LogP contribution in [0.1, 0.15) is 71.6 Å². The lowest BCUT2D eigenvalue weighted by Crippen LogP contribution is -2.48. The second-order valence-electron chi connectivity index (χ2n) is 6.18. The largest absolute Gasteiger partial charge is 0.480 e. The molecule has 0 radical (unpaired) electrons. The van der Waals surface area contributed by atoms with Gasteiger partial charge < -0.3 is 10.2 Å². The Morgan fingerprint density at radius 3 is 2.35 bits per heavy atom. The van der Waals surface area contributed by atoms with Crippen LogP contribution < -0.4 is 0 Å².